The molecule has 0 aromatic carbocycles. The first-order chi connectivity index (χ1) is 8.31. The Morgan fingerprint density at radius 3 is 2.78 bits per heavy atom. The fourth-order valence-electron chi connectivity index (χ4n) is 1.33. The van der Waals surface area contributed by atoms with Crippen LogP contribution in [0.2, 0.25) is 0 Å². The number of carbonyl (C=O) groups excluding carboxylic acids is 1. The van der Waals surface area contributed by atoms with Gasteiger partial charge >= 0.3 is 6.09 Å². The molecule has 2 N–H and O–H groups in total. The molecular formula is C12H21N3O2S. The maximum absolute atomic E-state index is 11.6. The van der Waals surface area contributed by atoms with Crippen molar-refractivity contribution in [1.29, 1.82) is 0 Å². The van der Waals surface area contributed by atoms with Crippen molar-refractivity contribution in [2.24, 2.45) is 0 Å². The summed E-state index contributed by atoms with van der Waals surface area (Å²) in [7, 11) is 1.88. The zero-order valence-electron chi connectivity index (χ0n) is 11.5. The van der Waals surface area contributed by atoms with Crippen molar-refractivity contribution in [1.82, 2.24) is 15.6 Å². The van der Waals surface area contributed by atoms with E-state index in [-0.39, 0.29) is 6.04 Å². The Morgan fingerprint density at radius 2 is 2.22 bits per heavy atom. The van der Waals surface area contributed by atoms with Gasteiger partial charge < -0.3 is 15.4 Å². The van der Waals surface area contributed by atoms with Gasteiger partial charge in [-0.3, -0.25) is 0 Å². The van der Waals surface area contributed by atoms with Crippen LogP contribution in [-0.2, 0) is 11.3 Å². The van der Waals surface area contributed by atoms with Crippen LogP contribution in [0.15, 0.2) is 5.38 Å². The van der Waals surface area contributed by atoms with E-state index in [2.05, 4.69) is 15.6 Å². The van der Waals surface area contributed by atoms with Crippen molar-refractivity contribution in [2.75, 3.05) is 7.05 Å². The van der Waals surface area contributed by atoms with Gasteiger partial charge in [-0.1, -0.05) is 0 Å². The lowest BCUT2D eigenvalue weighted by Gasteiger charge is -2.21. The number of rotatable bonds is 4. The minimum absolute atomic E-state index is 0.143. The third kappa shape index (κ3) is 5.01. The van der Waals surface area contributed by atoms with Crippen molar-refractivity contribution < 1.29 is 9.53 Å². The van der Waals surface area contributed by atoms with E-state index in [0.717, 1.165) is 17.2 Å². The maximum atomic E-state index is 11.6. The van der Waals surface area contributed by atoms with Crippen molar-refractivity contribution in [3.8, 4) is 0 Å². The Hall–Kier alpha value is -1.14. The predicted octanol–water partition coefficient (Wildman–Crippen LogP) is 2.45. The maximum Gasteiger partial charge on any atom is 0.408 e. The number of amides is 1. The zero-order valence-corrected chi connectivity index (χ0v) is 12.4. The summed E-state index contributed by atoms with van der Waals surface area (Å²) in [5.41, 5.74) is 0.500. The fraction of sp³-hybridized carbons (Fsp3) is 0.667. The standard InChI is InChI=1S/C12H21N3O2S/c1-8(14-11(16)17-12(2,3)4)10-15-9(6-13-5)7-18-10/h7-8,13H,6H2,1-5H3,(H,14,16). The molecule has 0 saturated heterocycles. The van der Waals surface area contributed by atoms with Crippen LogP contribution in [0.5, 0.6) is 0 Å². The number of hydrogen-bond acceptors (Lipinski definition) is 5. The molecule has 0 aliphatic heterocycles. The van der Waals surface area contributed by atoms with Crippen molar-refractivity contribution in [3.63, 3.8) is 0 Å². The monoisotopic (exact) mass is 271 g/mol. The molecule has 1 amide bonds. The third-order valence-electron chi connectivity index (χ3n) is 2.03. The summed E-state index contributed by atoms with van der Waals surface area (Å²) in [6, 6.07) is -0.143. The van der Waals surface area contributed by atoms with Gasteiger partial charge in [-0.25, -0.2) is 9.78 Å². The number of nitrogens with zero attached hydrogens (tertiary/aromatic N) is 1. The van der Waals surface area contributed by atoms with Crippen LogP contribution in [0.1, 0.15) is 44.4 Å². The number of thiazole rings is 1. The van der Waals surface area contributed by atoms with Gasteiger partial charge in [0.1, 0.15) is 10.6 Å². The molecule has 1 aromatic rings. The number of alkyl carbamates (subject to hydrolysis) is 1. The second-order valence-corrected chi connectivity index (χ2v) is 5.97. The highest BCUT2D eigenvalue weighted by molar-refractivity contribution is 7.09. The van der Waals surface area contributed by atoms with Crippen molar-refractivity contribution >= 4 is 17.4 Å². The summed E-state index contributed by atoms with van der Waals surface area (Å²) in [5, 5.41) is 8.68. The van der Waals surface area contributed by atoms with E-state index in [9.17, 15) is 4.79 Å². The van der Waals surface area contributed by atoms with E-state index in [1.165, 1.54) is 11.3 Å². The SMILES string of the molecule is CNCc1csc(C(C)NC(=O)OC(C)(C)C)n1. The Bertz CT molecular complexity index is 398. The fourth-order valence-corrected chi connectivity index (χ4v) is 2.16. The molecule has 1 atom stereocenters. The topological polar surface area (TPSA) is 63.2 Å². The van der Waals surface area contributed by atoms with Gasteiger partial charge in [0.05, 0.1) is 11.7 Å². The lowest BCUT2D eigenvalue weighted by atomic mass is 10.2. The summed E-state index contributed by atoms with van der Waals surface area (Å²) in [5.74, 6) is 0. The van der Waals surface area contributed by atoms with Crippen LogP contribution in [0.3, 0.4) is 0 Å². The molecule has 0 bridgehead atoms. The zero-order chi connectivity index (χ0) is 13.8. The molecule has 0 aliphatic carbocycles. The lowest BCUT2D eigenvalue weighted by molar-refractivity contribution is 0.0508. The minimum Gasteiger partial charge on any atom is -0.444 e. The van der Waals surface area contributed by atoms with Gasteiger partial charge in [0.25, 0.3) is 0 Å². The predicted molar refractivity (Wildman–Crippen MR) is 72.7 cm³/mol. The Morgan fingerprint density at radius 1 is 1.56 bits per heavy atom. The molecule has 1 heterocycles. The molecule has 0 radical (unpaired) electrons. The Labute approximate surface area is 112 Å². The van der Waals surface area contributed by atoms with Crippen LogP contribution >= 0.6 is 11.3 Å². The molecule has 6 heteroatoms. The quantitative estimate of drug-likeness (QED) is 0.883. The largest absolute Gasteiger partial charge is 0.444 e. The number of ether oxygens (including phenoxy) is 1. The van der Waals surface area contributed by atoms with Crippen LogP contribution in [-0.4, -0.2) is 23.7 Å². The van der Waals surface area contributed by atoms with E-state index >= 15 is 0 Å². The van der Waals surface area contributed by atoms with Crippen LogP contribution in [0.4, 0.5) is 4.79 Å². The molecular weight excluding hydrogens is 250 g/mol. The summed E-state index contributed by atoms with van der Waals surface area (Å²) in [4.78, 5) is 16.0. The highest BCUT2D eigenvalue weighted by Gasteiger charge is 2.19. The molecule has 0 saturated carbocycles. The number of aromatic nitrogens is 1. The van der Waals surface area contributed by atoms with E-state index in [4.69, 9.17) is 4.74 Å². The van der Waals surface area contributed by atoms with Gasteiger partial charge in [0.2, 0.25) is 0 Å². The molecule has 5 nitrogen and oxygen atoms in total. The van der Waals surface area contributed by atoms with E-state index in [1.807, 2.05) is 40.1 Å². The molecule has 1 unspecified atom stereocenters. The normalized spacial score (nSPS) is 13.2. The number of hydrogen-bond donors (Lipinski definition) is 2. The van der Waals surface area contributed by atoms with E-state index < -0.39 is 11.7 Å². The third-order valence-corrected chi connectivity index (χ3v) is 3.11. The van der Waals surface area contributed by atoms with Gasteiger partial charge in [0, 0.05) is 11.9 Å². The average Bonchev–Trinajstić information content (AvgIpc) is 2.63. The second kappa shape index (κ2) is 6.15. The number of carbonyl (C=O) groups is 1. The molecule has 18 heavy (non-hydrogen) atoms. The summed E-state index contributed by atoms with van der Waals surface area (Å²) >= 11 is 1.54. The number of nitrogens with one attached hydrogen (secondary N) is 2. The van der Waals surface area contributed by atoms with Crippen molar-refractivity contribution in [3.05, 3.63) is 16.1 Å². The first-order valence-corrected chi connectivity index (χ1v) is 6.78. The summed E-state index contributed by atoms with van der Waals surface area (Å²) < 4.78 is 5.20. The summed E-state index contributed by atoms with van der Waals surface area (Å²) in [6.45, 7) is 8.14. The first kappa shape index (κ1) is 14.9. The summed E-state index contributed by atoms with van der Waals surface area (Å²) in [6.07, 6.45) is -0.416. The molecule has 0 spiro atoms. The molecule has 0 aliphatic rings. The highest BCUT2D eigenvalue weighted by Crippen LogP contribution is 2.18. The molecule has 1 rings (SSSR count). The minimum atomic E-state index is -0.482. The van der Waals surface area contributed by atoms with E-state index in [0.29, 0.717) is 0 Å². The highest BCUT2D eigenvalue weighted by atomic mass is 32.1. The second-order valence-electron chi connectivity index (χ2n) is 5.08. The van der Waals surface area contributed by atoms with Gasteiger partial charge in [0.15, 0.2) is 0 Å². The smallest absolute Gasteiger partial charge is 0.408 e. The molecule has 1 aromatic heterocycles. The van der Waals surface area contributed by atoms with Crippen LogP contribution in [0, 0.1) is 0 Å². The average molecular weight is 271 g/mol. The van der Waals surface area contributed by atoms with E-state index in [1.54, 1.807) is 0 Å². The first-order valence-electron chi connectivity index (χ1n) is 5.90. The lowest BCUT2D eigenvalue weighted by Crippen LogP contribution is -2.34. The molecule has 102 valence electrons. The Kier molecular flexibility index (Phi) is 5.10. The van der Waals surface area contributed by atoms with Gasteiger partial charge in [-0.15, -0.1) is 11.3 Å². The van der Waals surface area contributed by atoms with Gasteiger partial charge in [-0.2, -0.15) is 0 Å². The Balaban J connectivity index is 2.53. The van der Waals surface area contributed by atoms with Gasteiger partial charge in [-0.05, 0) is 34.7 Å². The van der Waals surface area contributed by atoms with Crippen LogP contribution < -0.4 is 10.6 Å². The van der Waals surface area contributed by atoms with Crippen LogP contribution in [0.25, 0.3) is 0 Å². The van der Waals surface area contributed by atoms with Crippen molar-refractivity contribution in [2.45, 2.75) is 45.9 Å². The molecule has 0 fully saturated rings.